The number of hydrogen-bond acceptors (Lipinski definition) is 4. The van der Waals surface area contributed by atoms with Crippen molar-refractivity contribution in [1.82, 2.24) is 0 Å². The lowest BCUT2D eigenvalue weighted by atomic mass is 10.2. The predicted octanol–water partition coefficient (Wildman–Crippen LogP) is 1.10. The summed E-state index contributed by atoms with van der Waals surface area (Å²) >= 11 is 0. The monoisotopic (exact) mass is 210 g/mol. The van der Waals surface area contributed by atoms with Crippen molar-refractivity contribution < 1.29 is 19.3 Å². The van der Waals surface area contributed by atoms with Gasteiger partial charge in [-0.15, -0.1) is 0 Å². The van der Waals surface area contributed by atoms with E-state index in [1.165, 1.54) is 0 Å². The molecule has 15 heavy (non-hydrogen) atoms. The van der Waals surface area contributed by atoms with Gasteiger partial charge < -0.3 is 19.3 Å². The van der Waals surface area contributed by atoms with Gasteiger partial charge in [0.25, 0.3) is 0 Å². The Bertz CT molecular complexity index is 309. The fraction of sp³-hybridized carbons (Fsp3) is 0.455. The van der Waals surface area contributed by atoms with E-state index in [2.05, 4.69) is 0 Å². The third kappa shape index (κ3) is 2.28. The van der Waals surface area contributed by atoms with Gasteiger partial charge in [-0.05, 0) is 12.1 Å². The largest absolute Gasteiger partial charge is 0.497 e. The van der Waals surface area contributed by atoms with Crippen LogP contribution in [0.25, 0.3) is 0 Å². The molecule has 4 nitrogen and oxygen atoms in total. The summed E-state index contributed by atoms with van der Waals surface area (Å²) in [5, 5.41) is 8.89. The van der Waals surface area contributed by atoms with Crippen LogP contribution >= 0.6 is 0 Å². The molecule has 1 N–H and O–H groups in total. The first-order valence-electron chi connectivity index (χ1n) is 4.85. The van der Waals surface area contributed by atoms with Crippen LogP contribution in [0.3, 0.4) is 0 Å². The zero-order valence-electron chi connectivity index (χ0n) is 8.55. The lowest BCUT2D eigenvalue weighted by Crippen LogP contribution is -2.14. The predicted molar refractivity (Wildman–Crippen MR) is 53.6 cm³/mol. The summed E-state index contributed by atoms with van der Waals surface area (Å²) in [6, 6.07) is 7.50. The average Bonchev–Trinajstić information content (AvgIpc) is 2.78. The normalized spacial score (nSPS) is 25.5. The Labute approximate surface area is 88.4 Å². The number of aliphatic hydroxyl groups is 1. The Hall–Kier alpha value is -1.10. The molecule has 1 saturated heterocycles. The van der Waals surface area contributed by atoms with Gasteiger partial charge in [0.1, 0.15) is 11.9 Å². The Morgan fingerprint density at radius 1 is 1.40 bits per heavy atom. The molecule has 82 valence electrons. The van der Waals surface area contributed by atoms with E-state index in [9.17, 15) is 0 Å². The van der Waals surface area contributed by atoms with Crippen molar-refractivity contribution in [2.75, 3.05) is 20.3 Å². The maximum atomic E-state index is 8.89. The molecular formula is C11H14O4. The van der Waals surface area contributed by atoms with Crippen molar-refractivity contribution >= 4 is 0 Å². The molecule has 1 aliphatic heterocycles. The Balaban J connectivity index is 2.04. The molecule has 1 fully saturated rings. The first-order valence-corrected chi connectivity index (χ1v) is 4.85. The molecule has 0 aliphatic carbocycles. The third-order valence-corrected chi connectivity index (χ3v) is 2.34. The van der Waals surface area contributed by atoms with Crippen molar-refractivity contribution in [3.8, 4) is 5.75 Å². The van der Waals surface area contributed by atoms with Gasteiger partial charge in [0.05, 0.1) is 20.3 Å². The smallest absolute Gasteiger partial charge is 0.184 e. The molecule has 4 heteroatoms. The molecule has 0 unspecified atom stereocenters. The molecule has 0 amide bonds. The van der Waals surface area contributed by atoms with Crippen LogP contribution in [0, 0.1) is 0 Å². The number of methoxy groups -OCH3 is 1. The van der Waals surface area contributed by atoms with Crippen LogP contribution in [0.1, 0.15) is 11.9 Å². The summed E-state index contributed by atoms with van der Waals surface area (Å²) in [5.74, 6) is 0.801. The molecule has 1 aromatic rings. The molecule has 2 rings (SSSR count). The van der Waals surface area contributed by atoms with Gasteiger partial charge in [-0.25, -0.2) is 0 Å². The minimum Gasteiger partial charge on any atom is -0.497 e. The zero-order valence-corrected chi connectivity index (χ0v) is 8.55. The van der Waals surface area contributed by atoms with E-state index in [1.807, 2.05) is 24.3 Å². The van der Waals surface area contributed by atoms with Gasteiger partial charge in [0, 0.05) is 5.56 Å². The maximum absolute atomic E-state index is 8.89. The number of rotatable bonds is 3. The fourth-order valence-electron chi connectivity index (χ4n) is 1.48. The molecule has 1 aliphatic rings. The Kier molecular flexibility index (Phi) is 3.20. The second-order valence-electron chi connectivity index (χ2n) is 3.38. The number of ether oxygens (including phenoxy) is 3. The topological polar surface area (TPSA) is 47.9 Å². The van der Waals surface area contributed by atoms with Gasteiger partial charge in [-0.1, -0.05) is 12.1 Å². The highest BCUT2D eigenvalue weighted by Gasteiger charge is 2.26. The number of aliphatic hydroxyl groups excluding tert-OH is 1. The molecule has 0 spiro atoms. The number of hydrogen-bond donors (Lipinski definition) is 1. The summed E-state index contributed by atoms with van der Waals surface area (Å²) < 4.78 is 15.9. The zero-order chi connectivity index (χ0) is 10.7. The van der Waals surface area contributed by atoms with Crippen LogP contribution in [0.15, 0.2) is 24.3 Å². The highest BCUT2D eigenvalue weighted by Crippen LogP contribution is 2.27. The second kappa shape index (κ2) is 4.61. The van der Waals surface area contributed by atoms with Crippen molar-refractivity contribution in [3.63, 3.8) is 0 Å². The Morgan fingerprint density at radius 2 is 2.13 bits per heavy atom. The molecule has 2 atom stereocenters. The van der Waals surface area contributed by atoms with Crippen molar-refractivity contribution in [2.45, 2.75) is 12.4 Å². The van der Waals surface area contributed by atoms with E-state index in [0.717, 1.165) is 11.3 Å². The number of benzene rings is 1. The molecule has 0 saturated carbocycles. The first kappa shape index (κ1) is 10.4. The highest BCUT2D eigenvalue weighted by molar-refractivity contribution is 5.28. The van der Waals surface area contributed by atoms with E-state index in [-0.39, 0.29) is 19.0 Å². The lowest BCUT2D eigenvalue weighted by Gasteiger charge is -2.10. The Morgan fingerprint density at radius 3 is 2.67 bits per heavy atom. The van der Waals surface area contributed by atoms with Crippen LogP contribution in [0.2, 0.25) is 0 Å². The van der Waals surface area contributed by atoms with Crippen LogP contribution in [0.4, 0.5) is 0 Å². The summed E-state index contributed by atoms with van der Waals surface area (Å²) in [4.78, 5) is 0. The summed E-state index contributed by atoms with van der Waals surface area (Å²) in [6.07, 6.45) is -0.579. The van der Waals surface area contributed by atoms with Crippen molar-refractivity contribution in [1.29, 1.82) is 0 Å². The van der Waals surface area contributed by atoms with E-state index >= 15 is 0 Å². The van der Waals surface area contributed by atoms with E-state index in [4.69, 9.17) is 19.3 Å². The van der Waals surface area contributed by atoms with Gasteiger partial charge in [-0.3, -0.25) is 0 Å². The molecule has 1 aromatic carbocycles. The summed E-state index contributed by atoms with van der Waals surface area (Å²) in [7, 11) is 1.62. The second-order valence-corrected chi connectivity index (χ2v) is 3.38. The molecule has 1 heterocycles. The maximum Gasteiger partial charge on any atom is 0.184 e. The first-order chi connectivity index (χ1) is 7.33. The van der Waals surface area contributed by atoms with Crippen LogP contribution < -0.4 is 4.74 Å². The SMILES string of the molecule is COc1ccc([C@@H]2OC[C@@H](CO)O2)cc1. The van der Waals surface area contributed by atoms with Gasteiger partial charge in [0.2, 0.25) is 0 Å². The lowest BCUT2D eigenvalue weighted by molar-refractivity contribution is -0.0675. The standard InChI is InChI=1S/C11H14O4/c1-13-9-4-2-8(3-5-9)11-14-7-10(6-12)15-11/h2-5,10-12H,6-7H2,1H3/t10-,11-/m1/s1. The molecule has 0 bridgehead atoms. The summed E-state index contributed by atoms with van der Waals surface area (Å²) in [6.45, 7) is 0.430. The van der Waals surface area contributed by atoms with Gasteiger partial charge in [0.15, 0.2) is 6.29 Å². The van der Waals surface area contributed by atoms with E-state index < -0.39 is 0 Å². The fourth-order valence-corrected chi connectivity index (χ4v) is 1.48. The highest BCUT2D eigenvalue weighted by atomic mass is 16.7. The van der Waals surface area contributed by atoms with Gasteiger partial charge in [-0.2, -0.15) is 0 Å². The third-order valence-electron chi connectivity index (χ3n) is 2.34. The van der Waals surface area contributed by atoms with Crippen LogP contribution in [0.5, 0.6) is 5.75 Å². The minimum atomic E-state index is -0.368. The van der Waals surface area contributed by atoms with Gasteiger partial charge >= 0.3 is 0 Å². The van der Waals surface area contributed by atoms with Crippen molar-refractivity contribution in [3.05, 3.63) is 29.8 Å². The van der Waals surface area contributed by atoms with Crippen molar-refractivity contribution in [2.24, 2.45) is 0 Å². The minimum absolute atomic E-state index is 0.00729. The average molecular weight is 210 g/mol. The summed E-state index contributed by atoms with van der Waals surface area (Å²) in [5.41, 5.74) is 0.937. The quantitative estimate of drug-likeness (QED) is 0.811. The van der Waals surface area contributed by atoms with Crippen LogP contribution in [-0.2, 0) is 9.47 Å². The van der Waals surface area contributed by atoms with Crippen LogP contribution in [-0.4, -0.2) is 31.5 Å². The van der Waals surface area contributed by atoms with E-state index in [0.29, 0.717) is 6.61 Å². The van der Waals surface area contributed by atoms with E-state index in [1.54, 1.807) is 7.11 Å². The molecule has 0 radical (unpaired) electrons. The molecular weight excluding hydrogens is 196 g/mol. The molecule has 0 aromatic heterocycles.